The standard InChI is InChI=1S/C31H43F3N22O10/c32-31(33,34)11-8-10(56(65)66)6-7-12(11)45-25(63)26(64)46-13(9-4-2-1-3-5-9)20(58)48-17(53-28(39)40)22(60)50-19(55-30(43)44)24(62)51-18(54-29(41)42)23(61)49-16(52-27(37)38)21(59)47-14(35)15(36)57/h1-8,13-14,16-19,25,45,63H,35H2,(H2,36,57)(H,46,64)(H,47,59)(H,48,58)(H,49,61)(H,50,60)(H,51,62)(H4,37,38,52)(H4,39,40,53)(H4,41,42,54)(H4,43,44,55). The Bertz CT molecular complexity index is 2230. The van der Waals surface area contributed by atoms with Crippen LogP contribution < -0.4 is 92.9 Å². The van der Waals surface area contributed by atoms with E-state index in [-0.39, 0.29) is 11.6 Å². The van der Waals surface area contributed by atoms with Crippen LogP contribution in [0.15, 0.2) is 48.5 Å². The molecular formula is C31H43F3N22O10. The highest BCUT2D eigenvalue weighted by molar-refractivity contribution is 6.00. The van der Waals surface area contributed by atoms with Gasteiger partial charge in [0, 0.05) is 17.8 Å². The van der Waals surface area contributed by atoms with Gasteiger partial charge in [-0.15, -0.1) is 0 Å². The van der Waals surface area contributed by atoms with Crippen molar-refractivity contribution in [2.24, 2.45) is 34.4 Å². The highest BCUT2D eigenvalue weighted by Crippen LogP contribution is 2.37. The van der Waals surface area contributed by atoms with E-state index in [1.54, 1.807) is 0 Å². The van der Waals surface area contributed by atoms with E-state index in [0.29, 0.717) is 12.1 Å². The highest BCUT2D eigenvalue weighted by Gasteiger charge is 2.38. The number of nitrogens with zero attached hydrogens (tertiary/aromatic N) is 1. The first-order valence-electron chi connectivity index (χ1n) is 17.8. The van der Waals surface area contributed by atoms with Crippen molar-refractivity contribution in [3.8, 4) is 0 Å². The van der Waals surface area contributed by atoms with Crippen molar-refractivity contribution in [3.05, 3.63) is 69.8 Å². The predicted octanol–water partition coefficient (Wildman–Crippen LogP) is -8.21. The molecule has 0 bridgehead atoms. The summed E-state index contributed by atoms with van der Waals surface area (Å²) in [4.78, 5) is 101. The van der Waals surface area contributed by atoms with Crippen LogP contribution in [0.3, 0.4) is 0 Å². The quantitative estimate of drug-likeness (QED) is 0.0182. The molecular weight excluding hydrogens is 897 g/mol. The summed E-state index contributed by atoms with van der Waals surface area (Å²) in [6, 6.07) is 6.10. The summed E-state index contributed by atoms with van der Waals surface area (Å²) in [5.74, 6) is -13.9. The summed E-state index contributed by atoms with van der Waals surface area (Å²) in [6.45, 7) is 0. The molecule has 0 aliphatic rings. The summed E-state index contributed by atoms with van der Waals surface area (Å²) < 4.78 is 41.3. The van der Waals surface area contributed by atoms with Gasteiger partial charge in [-0.05, 0) is 11.6 Å². The van der Waals surface area contributed by atoms with Gasteiger partial charge in [-0.2, -0.15) is 13.2 Å². The molecule has 0 aromatic heterocycles. The van der Waals surface area contributed by atoms with Crippen molar-refractivity contribution < 1.29 is 56.8 Å². The smallest absolute Gasteiger partial charge is 0.370 e. The number of alkyl halides is 3. The summed E-state index contributed by atoms with van der Waals surface area (Å²) in [5.41, 5.74) is 28.0. The number of nitro groups is 1. The number of nitrogens with two attached hydrogens (primary N) is 6. The lowest BCUT2D eigenvalue weighted by atomic mass is 10.1. The average molecular weight is 941 g/mol. The molecule has 2 rings (SSSR count). The molecule has 358 valence electrons. The molecule has 0 spiro atoms. The predicted molar refractivity (Wildman–Crippen MR) is 218 cm³/mol. The Morgan fingerprint density at radius 2 is 0.985 bits per heavy atom. The fraction of sp³-hybridized carbons (Fsp3) is 0.258. The molecule has 2 aromatic rings. The van der Waals surface area contributed by atoms with Crippen LogP contribution in [0, 0.1) is 31.8 Å². The van der Waals surface area contributed by atoms with Gasteiger partial charge in [0.1, 0.15) is 6.04 Å². The van der Waals surface area contributed by atoms with Crippen LogP contribution in [0.1, 0.15) is 17.2 Å². The number of hydrogen-bond donors (Lipinski definition) is 22. The Morgan fingerprint density at radius 1 is 0.591 bits per heavy atom. The topological polar surface area (TPSA) is 567 Å². The number of rotatable bonds is 21. The van der Waals surface area contributed by atoms with E-state index in [1.807, 2.05) is 53.2 Å². The van der Waals surface area contributed by atoms with Gasteiger partial charge in [0.2, 0.25) is 12.1 Å². The van der Waals surface area contributed by atoms with Crippen LogP contribution in [0.2, 0.25) is 0 Å². The molecule has 7 unspecified atom stereocenters. The summed E-state index contributed by atoms with van der Waals surface area (Å²) in [5, 5.41) is 73.6. The number of primary amides is 1. The van der Waals surface area contributed by atoms with Crippen molar-refractivity contribution in [3.63, 3.8) is 0 Å². The highest BCUT2D eigenvalue weighted by atomic mass is 19.4. The molecule has 0 saturated carbocycles. The van der Waals surface area contributed by atoms with E-state index in [2.05, 4.69) is 5.32 Å². The van der Waals surface area contributed by atoms with Crippen molar-refractivity contribution in [2.45, 2.75) is 49.3 Å². The minimum absolute atomic E-state index is 0.0874. The number of carbonyl (C=O) groups excluding carboxylic acids is 7. The Kier molecular flexibility index (Phi) is 18.6. The fourth-order valence-corrected chi connectivity index (χ4v) is 4.89. The van der Waals surface area contributed by atoms with Gasteiger partial charge in [-0.25, -0.2) is 0 Å². The largest absolute Gasteiger partial charge is 0.418 e. The molecule has 0 radical (unpaired) electrons. The molecule has 2 aromatic carbocycles. The molecule has 0 fully saturated rings. The van der Waals surface area contributed by atoms with Gasteiger partial charge >= 0.3 is 6.18 Å². The van der Waals surface area contributed by atoms with Gasteiger partial charge in [-0.3, -0.25) is 65.3 Å². The van der Waals surface area contributed by atoms with Crippen LogP contribution >= 0.6 is 0 Å². The zero-order valence-corrected chi connectivity index (χ0v) is 33.3. The Hall–Kier alpha value is -9.28. The van der Waals surface area contributed by atoms with Crippen LogP contribution in [-0.2, 0) is 39.7 Å². The molecule has 0 heterocycles. The minimum Gasteiger partial charge on any atom is -0.370 e. The number of aliphatic hydroxyl groups is 1. The first kappa shape index (κ1) is 52.9. The number of aliphatic hydroxyl groups excluding tert-OH is 1. The molecule has 0 saturated heterocycles. The van der Waals surface area contributed by atoms with E-state index >= 15 is 0 Å². The fourth-order valence-electron chi connectivity index (χ4n) is 4.89. The lowest BCUT2D eigenvalue weighted by Gasteiger charge is -2.28. The van der Waals surface area contributed by atoms with Crippen LogP contribution in [0.5, 0.6) is 0 Å². The SMILES string of the molecule is N=C(N)NC(NC(=O)C(NC(=N)N)NC(=O)C(NC(=N)N)NC(=O)C(NC(=N)N)NC(=O)C(NC(=O)C(O)Nc1ccc([N+](=O)[O-])cc1C(F)(F)F)c1ccccc1)C(=O)NC(N)C(N)=O. The first-order chi connectivity index (χ1) is 30.6. The molecule has 7 amide bonds. The zero-order chi connectivity index (χ0) is 50.2. The van der Waals surface area contributed by atoms with E-state index in [0.717, 1.165) is 0 Å². The molecule has 32 nitrogen and oxygen atoms in total. The molecule has 66 heavy (non-hydrogen) atoms. The van der Waals surface area contributed by atoms with Crippen molar-refractivity contribution >= 4 is 76.6 Å². The van der Waals surface area contributed by atoms with Gasteiger partial charge in [0.05, 0.1) is 10.5 Å². The van der Waals surface area contributed by atoms with Crippen molar-refractivity contribution in [1.82, 2.24) is 53.2 Å². The van der Waals surface area contributed by atoms with Crippen LogP contribution in [-0.4, -0.2) is 112 Å². The zero-order valence-electron chi connectivity index (χ0n) is 33.3. The summed E-state index contributed by atoms with van der Waals surface area (Å²) in [7, 11) is 0. The number of non-ortho nitro benzene ring substituents is 1. The number of nitro benzene ring substituents is 1. The van der Waals surface area contributed by atoms with E-state index in [9.17, 15) is 62.0 Å². The van der Waals surface area contributed by atoms with Crippen molar-refractivity contribution in [1.29, 1.82) is 21.6 Å². The Labute approximate surface area is 366 Å². The molecule has 7 atom stereocenters. The molecule has 28 N–H and O–H groups in total. The first-order valence-corrected chi connectivity index (χ1v) is 17.8. The number of benzene rings is 2. The normalized spacial score (nSPS) is 13.9. The van der Waals surface area contributed by atoms with Gasteiger partial charge < -0.3 is 98.0 Å². The molecule has 0 aliphatic carbocycles. The molecule has 0 aliphatic heterocycles. The Morgan fingerprint density at radius 3 is 1.35 bits per heavy atom. The number of anilines is 1. The lowest BCUT2D eigenvalue weighted by molar-refractivity contribution is -0.385. The van der Waals surface area contributed by atoms with Crippen molar-refractivity contribution in [2.75, 3.05) is 5.32 Å². The van der Waals surface area contributed by atoms with E-state index in [4.69, 9.17) is 56.0 Å². The molecule has 35 heteroatoms. The number of amides is 7. The summed E-state index contributed by atoms with van der Waals surface area (Å²) in [6.07, 6.45) is -18.3. The van der Waals surface area contributed by atoms with E-state index < -0.39 is 136 Å². The minimum atomic E-state index is -5.22. The third-order valence-electron chi connectivity index (χ3n) is 7.74. The maximum absolute atomic E-state index is 13.8. The third-order valence-corrected chi connectivity index (χ3v) is 7.74. The monoisotopic (exact) mass is 940 g/mol. The number of guanidine groups is 4. The van der Waals surface area contributed by atoms with Gasteiger partial charge in [0.25, 0.3) is 41.1 Å². The van der Waals surface area contributed by atoms with E-state index in [1.165, 1.54) is 30.3 Å². The second kappa shape index (κ2) is 23.2. The summed E-state index contributed by atoms with van der Waals surface area (Å²) >= 11 is 0. The third kappa shape index (κ3) is 16.5. The van der Waals surface area contributed by atoms with Crippen LogP contribution in [0.25, 0.3) is 0 Å². The van der Waals surface area contributed by atoms with Gasteiger partial charge in [-0.1, -0.05) is 30.3 Å². The second-order valence-electron chi connectivity index (χ2n) is 12.8. The number of halogens is 3. The van der Waals surface area contributed by atoms with Crippen LogP contribution in [0.4, 0.5) is 24.5 Å². The number of hydrogen-bond acceptors (Lipinski definition) is 16. The Balaban J connectivity index is 2.41. The maximum atomic E-state index is 13.8. The second-order valence-corrected chi connectivity index (χ2v) is 12.8. The number of nitrogens with one attached hydrogen (secondary N) is 15. The average Bonchev–Trinajstić information content (AvgIpc) is 3.20. The lowest BCUT2D eigenvalue weighted by Crippen LogP contribution is -2.69. The maximum Gasteiger partial charge on any atom is 0.418 e. The number of carbonyl (C=O) groups is 7. The van der Waals surface area contributed by atoms with Gasteiger partial charge in [0.15, 0.2) is 54.7 Å².